The molecule has 0 fully saturated rings. The van der Waals surface area contributed by atoms with E-state index < -0.39 is 12.1 Å². The van der Waals surface area contributed by atoms with Gasteiger partial charge in [-0.1, -0.05) is 26.0 Å². The molecule has 138 valence electrons. The molecule has 3 amide bonds. The Morgan fingerprint density at radius 1 is 1.36 bits per heavy atom. The molecule has 1 aromatic rings. The zero-order valence-corrected chi connectivity index (χ0v) is 15.2. The summed E-state index contributed by atoms with van der Waals surface area (Å²) in [5, 5.41) is 5.20. The molecule has 7 heteroatoms. The standard InChI is InChI=1S/C18H27N3O4/c1-11(2)14(21-17(19)23)16(22)20-8-9-24-13-7-5-6-12-10-18(3,4)25-15(12)13/h5-7,11,14H,8-10H2,1-4H3,(H,20,22)(H3,19,21,23)/t14-/m0/s1. The first-order valence-corrected chi connectivity index (χ1v) is 8.47. The lowest BCUT2D eigenvalue weighted by molar-refractivity contribution is -0.123. The summed E-state index contributed by atoms with van der Waals surface area (Å²) in [4.78, 5) is 23.1. The average Bonchev–Trinajstić information content (AvgIpc) is 2.83. The Hall–Kier alpha value is -2.44. The van der Waals surface area contributed by atoms with E-state index in [0.717, 1.165) is 17.7 Å². The van der Waals surface area contributed by atoms with Crippen LogP contribution in [0.2, 0.25) is 0 Å². The highest BCUT2D eigenvalue weighted by Gasteiger charge is 2.32. The molecule has 0 unspecified atom stereocenters. The minimum absolute atomic E-state index is 0.0681. The highest BCUT2D eigenvalue weighted by molar-refractivity contribution is 5.86. The largest absolute Gasteiger partial charge is 0.488 e. The van der Waals surface area contributed by atoms with Crippen molar-refractivity contribution in [2.45, 2.75) is 45.8 Å². The maximum Gasteiger partial charge on any atom is 0.312 e. The molecule has 1 aliphatic heterocycles. The fourth-order valence-corrected chi connectivity index (χ4v) is 2.83. The number of urea groups is 1. The molecule has 1 atom stereocenters. The maximum absolute atomic E-state index is 12.1. The van der Waals surface area contributed by atoms with Crippen LogP contribution < -0.4 is 25.8 Å². The van der Waals surface area contributed by atoms with Crippen LogP contribution in [0, 0.1) is 5.92 Å². The maximum atomic E-state index is 12.1. The first kappa shape index (κ1) is 18.9. The number of primary amides is 1. The van der Waals surface area contributed by atoms with Gasteiger partial charge in [0.25, 0.3) is 0 Å². The highest BCUT2D eigenvalue weighted by Crippen LogP contribution is 2.41. The minimum atomic E-state index is -0.718. The van der Waals surface area contributed by atoms with Crippen molar-refractivity contribution < 1.29 is 19.1 Å². The molecule has 1 aliphatic rings. The van der Waals surface area contributed by atoms with E-state index in [-0.39, 0.29) is 17.4 Å². The SMILES string of the molecule is CC(C)[C@H](NC(N)=O)C(=O)NCCOc1cccc2c1OC(C)(C)C2. The number of carbonyl (C=O) groups is 2. The Kier molecular flexibility index (Phi) is 5.77. The van der Waals surface area contributed by atoms with Gasteiger partial charge in [0.1, 0.15) is 18.2 Å². The van der Waals surface area contributed by atoms with Crippen molar-refractivity contribution in [3.05, 3.63) is 23.8 Å². The van der Waals surface area contributed by atoms with E-state index in [1.165, 1.54) is 0 Å². The van der Waals surface area contributed by atoms with Crippen molar-refractivity contribution in [2.24, 2.45) is 11.7 Å². The predicted octanol–water partition coefficient (Wildman–Crippen LogP) is 1.59. The summed E-state index contributed by atoms with van der Waals surface area (Å²) in [6, 6.07) is 4.44. The lowest BCUT2D eigenvalue weighted by Gasteiger charge is -2.21. The van der Waals surface area contributed by atoms with Gasteiger partial charge >= 0.3 is 6.03 Å². The Balaban J connectivity index is 1.85. The molecule has 0 bridgehead atoms. The minimum Gasteiger partial charge on any atom is -0.488 e. The lowest BCUT2D eigenvalue weighted by Crippen LogP contribution is -2.51. The van der Waals surface area contributed by atoms with Gasteiger partial charge < -0.3 is 25.8 Å². The van der Waals surface area contributed by atoms with Gasteiger partial charge in [-0.2, -0.15) is 0 Å². The number of ether oxygens (including phenoxy) is 2. The van der Waals surface area contributed by atoms with Crippen LogP contribution in [0.25, 0.3) is 0 Å². The Bertz CT molecular complexity index is 643. The topological polar surface area (TPSA) is 103 Å². The summed E-state index contributed by atoms with van der Waals surface area (Å²) in [5.41, 5.74) is 5.99. The number of fused-ring (bicyclic) bond motifs is 1. The summed E-state index contributed by atoms with van der Waals surface area (Å²) in [6.45, 7) is 8.36. The molecule has 7 nitrogen and oxygen atoms in total. The smallest absolute Gasteiger partial charge is 0.312 e. The Labute approximate surface area is 148 Å². The third kappa shape index (κ3) is 5.01. The zero-order chi connectivity index (χ0) is 18.6. The molecule has 0 spiro atoms. The molecule has 0 aliphatic carbocycles. The van der Waals surface area contributed by atoms with Crippen LogP contribution >= 0.6 is 0 Å². The van der Waals surface area contributed by atoms with Gasteiger partial charge in [0.05, 0.1) is 6.54 Å². The summed E-state index contributed by atoms with van der Waals surface area (Å²) >= 11 is 0. The Morgan fingerprint density at radius 2 is 2.08 bits per heavy atom. The number of carbonyl (C=O) groups excluding carboxylic acids is 2. The van der Waals surface area contributed by atoms with E-state index in [1.54, 1.807) is 0 Å². The molecule has 2 rings (SSSR count). The van der Waals surface area contributed by atoms with Crippen molar-refractivity contribution in [1.82, 2.24) is 10.6 Å². The number of benzene rings is 1. The van der Waals surface area contributed by atoms with E-state index in [4.69, 9.17) is 15.2 Å². The van der Waals surface area contributed by atoms with Gasteiger partial charge in [0, 0.05) is 12.0 Å². The summed E-state index contributed by atoms with van der Waals surface area (Å²) in [6.07, 6.45) is 0.838. The third-order valence-corrected chi connectivity index (χ3v) is 3.96. The Morgan fingerprint density at radius 3 is 2.72 bits per heavy atom. The van der Waals surface area contributed by atoms with Gasteiger partial charge in [-0.3, -0.25) is 4.79 Å². The van der Waals surface area contributed by atoms with Crippen LogP contribution in [0.4, 0.5) is 4.79 Å². The van der Waals surface area contributed by atoms with Crippen molar-refractivity contribution in [3.63, 3.8) is 0 Å². The predicted molar refractivity (Wildman–Crippen MR) is 94.7 cm³/mol. The van der Waals surface area contributed by atoms with Crippen molar-refractivity contribution in [1.29, 1.82) is 0 Å². The number of rotatable bonds is 7. The average molecular weight is 349 g/mol. The van der Waals surface area contributed by atoms with Crippen LogP contribution in [-0.2, 0) is 11.2 Å². The molecule has 1 heterocycles. The molecule has 0 saturated heterocycles. The normalized spacial score (nSPS) is 15.9. The van der Waals surface area contributed by atoms with Crippen molar-refractivity contribution >= 4 is 11.9 Å². The van der Waals surface area contributed by atoms with Gasteiger partial charge in [-0.25, -0.2) is 4.79 Å². The van der Waals surface area contributed by atoms with Crippen molar-refractivity contribution in [2.75, 3.05) is 13.2 Å². The molecular weight excluding hydrogens is 322 g/mol. The summed E-state index contributed by atoms with van der Waals surface area (Å²) in [5.74, 6) is 1.09. The van der Waals surface area contributed by atoms with E-state index in [2.05, 4.69) is 10.6 Å². The summed E-state index contributed by atoms with van der Waals surface area (Å²) in [7, 11) is 0. The molecule has 0 radical (unpaired) electrons. The second-order valence-electron chi connectivity index (χ2n) is 7.15. The molecule has 4 N–H and O–H groups in total. The van der Waals surface area contributed by atoms with E-state index in [9.17, 15) is 9.59 Å². The van der Waals surface area contributed by atoms with Crippen molar-refractivity contribution in [3.8, 4) is 11.5 Å². The van der Waals surface area contributed by atoms with E-state index in [1.807, 2.05) is 45.9 Å². The van der Waals surface area contributed by atoms with E-state index in [0.29, 0.717) is 18.9 Å². The summed E-state index contributed by atoms with van der Waals surface area (Å²) < 4.78 is 11.7. The fourth-order valence-electron chi connectivity index (χ4n) is 2.83. The van der Waals surface area contributed by atoms with Crippen LogP contribution in [-0.4, -0.2) is 36.7 Å². The van der Waals surface area contributed by atoms with E-state index >= 15 is 0 Å². The first-order valence-electron chi connectivity index (χ1n) is 8.47. The zero-order valence-electron chi connectivity index (χ0n) is 15.2. The number of hydrogen-bond donors (Lipinski definition) is 3. The fraction of sp³-hybridized carbons (Fsp3) is 0.556. The van der Waals surface area contributed by atoms with Crippen LogP contribution in [0.3, 0.4) is 0 Å². The van der Waals surface area contributed by atoms with Gasteiger partial charge in [-0.05, 0) is 25.8 Å². The van der Waals surface area contributed by atoms with Gasteiger partial charge in [0.2, 0.25) is 5.91 Å². The van der Waals surface area contributed by atoms with Gasteiger partial charge in [-0.15, -0.1) is 0 Å². The second kappa shape index (κ2) is 7.63. The third-order valence-electron chi connectivity index (χ3n) is 3.96. The molecule has 0 aromatic heterocycles. The van der Waals surface area contributed by atoms with Crippen LogP contribution in [0.15, 0.2) is 18.2 Å². The second-order valence-corrected chi connectivity index (χ2v) is 7.15. The van der Waals surface area contributed by atoms with Crippen LogP contribution in [0.1, 0.15) is 33.3 Å². The highest BCUT2D eigenvalue weighted by atomic mass is 16.5. The van der Waals surface area contributed by atoms with Gasteiger partial charge in [0.15, 0.2) is 11.5 Å². The molecule has 25 heavy (non-hydrogen) atoms. The quantitative estimate of drug-likeness (QED) is 0.650. The number of nitrogens with one attached hydrogen (secondary N) is 2. The number of nitrogens with two attached hydrogens (primary N) is 1. The lowest BCUT2D eigenvalue weighted by atomic mass is 10.0. The van der Waals surface area contributed by atoms with Crippen LogP contribution in [0.5, 0.6) is 11.5 Å². The number of hydrogen-bond acceptors (Lipinski definition) is 4. The monoisotopic (exact) mass is 349 g/mol. The molecule has 1 aromatic carbocycles. The molecular formula is C18H27N3O4. The number of para-hydroxylation sites is 1. The molecule has 0 saturated carbocycles. The number of amides is 3. The first-order chi connectivity index (χ1) is 11.7.